The molecule has 1 unspecified atom stereocenters. The van der Waals surface area contributed by atoms with Crippen LogP contribution in [0.15, 0.2) is 18.2 Å². The number of ether oxygens (including phenoxy) is 1. The molecule has 0 saturated heterocycles. The van der Waals surface area contributed by atoms with Crippen LogP contribution >= 0.6 is 11.6 Å². The highest BCUT2D eigenvalue weighted by molar-refractivity contribution is 6.18. The van der Waals surface area contributed by atoms with Gasteiger partial charge in [-0.25, -0.2) is 0 Å². The molecule has 5 heteroatoms. The van der Waals surface area contributed by atoms with Gasteiger partial charge in [-0.15, -0.1) is 11.6 Å². The van der Waals surface area contributed by atoms with E-state index in [4.69, 9.17) is 16.3 Å². The first-order chi connectivity index (χ1) is 9.01. The first kappa shape index (κ1) is 15.8. The van der Waals surface area contributed by atoms with Gasteiger partial charge >= 0.3 is 0 Å². The molecule has 0 spiro atoms. The van der Waals surface area contributed by atoms with Crippen LogP contribution in [-0.4, -0.2) is 36.9 Å². The summed E-state index contributed by atoms with van der Waals surface area (Å²) in [7, 11) is 1.90. The Kier molecular flexibility index (Phi) is 6.12. The van der Waals surface area contributed by atoms with Crippen LogP contribution in [0.5, 0.6) is 5.75 Å². The van der Waals surface area contributed by atoms with Crippen molar-refractivity contribution in [2.45, 2.75) is 19.9 Å². The first-order valence-electron chi connectivity index (χ1n) is 6.25. The highest BCUT2D eigenvalue weighted by Gasteiger charge is 2.16. The smallest absolute Gasteiger partial charge is 0.119 e. The van der Waals surface area contributed by atoms with Crippen LogP contribution in [-0.2, 0) is 0 Å². The lowest BCUT2D eigenvalue weighted by Gasteiger charge is -2.27. The number of benzene rings is 1. The van der Waals surface area contributed by atoms with Gasteiger partial charge in [0, 0.05) is 24.0 Å². The predicted octanol–water partition coefficient (Wildman–Crippen LogP) is 1.68. The van der Waals surface area contributed by atoms with Gasteiger partial charge in [-0.1, -0.05) is 0 Å². The highest BCUT2D eigenvalue weighted by Crippen LogP contribution is 2.26. The number of carboxylic acid groups (broad SMARTS) is 1. The molecule has 0 aliphatic rings. The van der Waals surface area contributed by atoms with Crippen molar-refractivity contribution >= 4 is 17.6 Å². The van der Waals surface area contributed by atoms with E-state index in [0.717, 1.165) is 0 Å². The van der Waals surface area contributed by atoms with Crippen molar-refractivity contribution < 1.29 is 14.6 Å². The van der Waals surface area contributed by atoms with Crippen LogP contribution < -0.4 is 9.84 Å². The van der Waals surface area contributed by atoms with Gasteiger partial charge in [-0.3, -0.25) is 4.90 Å². The van der Waals surface area contributed by atoms with Gasteiger partial charge in [0.25, 0.3) is 0 Å². The molecular weight excluding hydrogens is 266 g/mol. The van der Waals surface area contributed by atoms with Crippen molar-refractivity contribution in [2.24, 2.45) is 0 Å². The summed E-state index contributed by atoms with van der Waals surface area (Å²) >= 11 is 5.72. The Morgan fingerprint density at radius 1 is 1.53 bits per heavy atom. The highest BCUT2D eigenvalue weighted by atomic mass is 35.5. The van der Waals surface area contributed by atoms with E-state index in [1.807, 2.05) is 25.8 Å². The maximum Gasteiger partial charge on any atom is 0.119 e. The number of nitrogens with zero attached hydrogens (tertiary/aromatic N) is 1. The molecule has 0 bridgehead atoms. The minimum Gasteiger partial charge on any atom is -0.545 e. The summed E-state index contributed by atoms with van der Waals surface area (Å²) in [4.78, 5) is 13.2. The Morgan fingerprint density at radius 3 is 2.74 bits per heavy atom. The molecule has 0 saturated carbocycles. The summed E-state index contributed by atoms with van der Waals surface area (Å²) in [5.74, 6) is -0.0232. The van der Waals surface area contributed by atoms with E-state index in [-0.39, 0.29) is 11.6 Å². The molecule has 0 radical (unpaired) electrons. The molecule has 1 aromatic rings. The second-order valence-corrected chi connectivity index (χ2v) is 4.69. The Labute approximate surface area is 118 Å². The van der Waals surface area contributed by atoms with E-state index in [2.05, 4.69) is 0 Å². The van der Waals surface area contributed by atoms with Crippen LogP contribution in [0.3, 0.4) is 0 Å². The van der Waals surface area contributed by atoms with Gasteiger partial charge in [-0.2, -0.15) is 0 Å². The molecule has 19 heavy (non-hydrogen) atoms. The van der Waals surface area contributed by atoms with Gasteiger partial charge in [0.05, 0.1) is 12.6 Å². The number of hydrogen-bond donors (Lipinski definition) is 0. The van der Waals surface area contributed by atoms with E-state index >= 15 is 0 Å². The second kappa shape index (κ2) is 7.36. The third-order valence-electron chi connectivity index (χ3n) is 3.10. The zero-order valence-corrected chi connectivity index (χ0v) is 12.2. The van der Waals surface area contributed by atoms with E-state index in [1.54, 1.807) is 12.1 Å². The van der Waals surface area contributed by atoms with E-state index in [1.165, 1.54) is 6.07 Å². The van der Waals surface area contributed by atoms with Crippen molar-refractivity contribution in [1.29, 1.82) is 0 Å². The number of carbonyl (C=O) groups excluding carboxylic acids is 1. The zero-order valence-electron chi connectivity index (χ0n) is 11.5. The average molecular weight is 285 g/mol. The van der Waals surface area contributed by atoms with E-state index in [0.29, 0.717) is 30.3 Å². The molecule has 106 valence electrons. The summed E-state index contributed by atoms with van der Waals surface area (Å²) in [5, 5.41) is 11.2. The fraction of sp³-hybridized carbons (Fsp3) is 0.500. The number of hydrogen-bond acceptors (Lipinski definition) is 4. The molecule has 0 fully saturated rings. The average Bonchev–Trinajstić information content (AvgIpc) is 2.38. The maximum atomic E-state index is 11.2. The summed E-state index contributed by atoms with van der Waals surface area (Å²) in [6.07, 6.45) is 0. The topological polar surface area (TPSA) is 52.6 Å². The predicted molar refractivity (Wildman–Crippen MR) is 73.7 cm³/mol. The van der Waals surface area contributed by atoms with Crippen LogP contribution in [0, 0.1) is 0 Å². The van der Waals surface area contributed by atoms with Crippen molar-refractivity contribution in [3.05, 3.63) is 29.3 Å². The Bertz CT molecular complexity index is 437. The molecule has 0 aromatic heterocycles. The Morgan fingerprint density at radius 2 is 2.21 bits per heavy atom. The zero-order chi connectivity index (χ0) is 14.4. The van der Waals surface area contributed by atoms with Gasteiger partial charge in [0.15, 0.2) is 0 Å². The quantitative estimate of drug-likeness (QED) is 0.715. The summed E-state index contributed by atoms with van der Waals surface area (Å²) in [6.45, 7) is 5.03. The fourth-order valence-corrected chi connectivity index (χ4v) is 2.16. The molecular formula is C14H19ClNO3-. The van der Waals surface area contributed by atoms with Gasteiger partial charge in [0.1, 0.15) is 5.75 Å². The molecule has 0 aliphatic carbocycles. The Balaban J connectivity index is 3.12. The lowest BCUT2D eigenvalue weighted by molar-refractivity contribution is -0.255. The van der Waals surface area contributed by atoms with Crippen LogP contribution in [0.1, 0.15) is 35.8 Å². The molecule has 0 heterocycles. The van der Waals surface area contributed by atoms with Crippen molar-refractivity contribution in [3.8, 4) is 5.75 Å². The summed E-state index contributed by atoms with van der Waals surface area (Å²) in [5.41, 5.74) is 0.871. The van der Waals surface area contributed by atoms with Crippen molar-refractivity contribution in [3.63, 3.8) is 0 Å². The standard InChI is InChI=1S/C14H20ClNO3/c1-4-19-11-5-6-12(14(17)18)13(9-11)10(2)16(3)8-7-15/h5-6,9-10H,4,7-8H2,1-3H3,(H,17,18)/p-1. The minimum absolute atomic E-state index is 0.0768. The van der Waals surface area contributed by atoms with Crippen LogP contribution in [0.4, 0.5) is 0 Å². The number of aromatic carboxylic acids is 1. The number of carbonyl (C=O) groups is 1. The number of halogens is 1. The van der Waals surface area contributed by atoms with Crippen LogP contribution in [0.25, 0.3) is 0 Å². The largest absolute Gasteiger partial charge is 0.545 e. The van der Waals surface area contributed by atoms with Gasteiger partial charge in [-0.05, 0) is 44.7 Å². The fourth-order valence-electron chi connectivity index (χ4n) is 1.89. The summed E-state index contributed by atoms with van der Waals surface area (Å²) in [6, 6.07) is 4.85. The molecule has 0 aliphatic heterocycles. The summed E-state index contributed by atoms with van der Waals surface area (Å²) < 4.78 is 5.41. The van der Waals surface area contributed by atoms with Crippen molar-refractivity contribution in [1.82, 2.24) is 4.90 Å². The number of rotatable bonds is 7. The van der Waals surface area contributed by atoms with Crippen LogP contribution in [0.2, 0.25) is 0 Å². The third-order valence-corrected chi connectivity index (χ3v) is 3.27. The molecule has 1 rings (SSSR count). The molecule has 4 nitrogen and oxygen atoms in total. The van der Waals surface area contributed by atoms with Gasteiger partial charge in [0.2, 0.25) is 0 Å². The third kappa shape index (κ3) is 4.11. The normalized spacial score (nSPS) is 12.5. The lowest BCUT2D eigenvalue weighted by atomic mass is 10.00. The molecule has 0 amide bonds. The maximum absolute atomic E-state index is 11.2. The SMILES string of the molecule is CCOc1ccc(C(=O)[O-])c(C(C)N(C)CCCl)c1. The van der Waals surface area contributed by atoms with Crippen molar-refractivity contribution in [2.75, 3.05) is 26.1 Å². The number of carboxylic acids is 1. The Hall–Kier alpha value is -1.26. The van der Waals surface area contributed by atoms with E-state index < -0.39 is 5.97 Å². The molecule has 1 atom stereocenters. The number of alkyl halides is 1. The minimum atomic E-state index is -1.18. The second-order valence-electron chi connectivity index (χ2n) is 4.32. The monoisotopic (exact) mass is 284 g/mol. The van der Waals surface area contributed by atoms with Gasteiger partial charge < -0.3 is 14.6 Å². The first-order valence-corrected chi connectivity index (χ1v) is 6.79. The molecule has 0 N–H and O–H groups in total. The molecule has 1 aromatic carbocycles. The van der Waals surface area contributed by atoms with E-state index in [9.17, 15) is 9.90 Å². The lowest BCUT2D eigenvalue weighted by Crippen LogP contribution is -2.29.